The number of nitrogens with zero attached hydrogens (tertiary/aromatic N) is 2. The molecular weight excluding hydrogens is 226 g/mol. The van der Waals surface area contributed by atoms with Crippen LogP contribution < -0.4 is 10.9 Å². The number of hydrogen-bond acceptors (Lipinski definition) is 3. The summed E-state index contributed by atoms with van der Waals surface area (Å²) in [6.07, 6.45) is 5.38. The van der Waals surface area contributed by atoms with E-state index in [0.29, 0.717) is 6.54 Å². The number of rotatable bonds is 5. The predicted molar refractivity (Wildman–Crippen MR) is 71.4 cm³/mol. The van der Waals surface area contributed by atoms with Gasteiger partial charge in [0.25, 0.3) is 5.56 Å². The lowest BCUT2D eigenvalue weighted by molar-refractivity contribution is 0.524. The van der Waals surface area contributed by atoms with Crippen molar-refractivity contribution in [3.8, 4) is 0 Å². The van der Waals surface area contributed by atoms with E-state index in [1.54, 1.807) is 35.3 Å². The van der Waals surface area contributed by atoms with Crippen molar-refractivity contribution in [3.05, 3.63) is 64.8 Å². The fourth-order valence-electron chi connectivity index (χ4n) is 1.82. The molecule has 0 amide bonds. The van der Waals surface area contributed by atoms with E-state index in [0.717, 1.165) is 6.54 Å². The van der Waals surface area contributed by atoms with E-state index in [4.69, 9.17) is 0 Å². The van der Waals surface area contributed by atoms with E-state index in [1.165, 1.54) is 5.56 Å². The van der Waals surface area contributed by atoms with Crippen molar-refractivity contribution in [2.75, 3.05) is 6.54 Å². The number of nitrogens with one attached hydrogen (secondary N) is 1. The molecule has 2 heterocycles. The van der Waals surface area contributed by atoms with Gasteiger partial charge in [0.2, 0.25) is 0 Å². The van der Waals surface area contributed by atoms with E-state index in [9.17, 15) is 4.79 Å². The van der Waals surface area contributed by atoms with Crippen LogP contribution in [0.15, 0.2) is 53.7 Å². The van der Waals surface area contributed by atoms with Crippen LogP contribution in [-0.4, -0.2) is 16.1 Å². The Morgan fingerprint density at radius 2 is 2.06 bits per heavy atom. The molecule has 2 rings (SSSR count). The molecule has 1 atom stereocenters. The molecule has 0 saturated carbocycles. The molecule has 4 nitrogen and oxygen atoms in total. The van der Waals surface area contributed by atoms with Gasteiger partial charge < -0.3 is 9.88 Å². The number of aromatic nitrogens is 2. The molecule has 1 N–H and O–H groups in total. The SMILES string of the molecule is CC(NCCn1ccccc1=O)c1ccncc1. The van der Waals surface area contributed by atoms with Crippen LogP contribution in [-0.2, 0) is 6.54 Å². The van der Waals surface area contributed by atoms with Gasteiger partial charge in [-0.2, -0.15) is 0 Å². The third-order valence-corrected chi connectivity index (χ3v) is 2.91. The van der Waals surface area contributed by atoms with Crippen molar-refractivity contribution in [2.45, 2.75) is 19.5 Å². The highest BCUT2D eigenvalue weighted by molar-refractivity contribution is 5.13. The van der Waals surface area contributed by atoms with Crippen LogP contribution in [0.4, 0.5) is 0 Å². The molecule has 2 aromatic heterocycles. The highest BCUT2D eigenvalue weighted by Gasteiger charge is 2.03. The van der Waals surface area contributed by atoms with Gasteiger partial charge in [-0.25, -0.2) is 0 Å². The van der Waals surface area contributed by atoms with E-state index in [1.807, 2.05) is 18.2 Å². The van der Waals surface area contributed by atoms with Crippen molar-refractivity contribution in [1.29, 1.82) is 0 Å². The molecule has 0 fully saturated rings. The van der Waals surface area contributed by atoms with Gasteiger partial charge in [0.05, 0.1) is 0 Å². The van der Waals surface area contributed by atoms with E-state index < -0.39 is 0 Å². The van der Waals surface area contributed by atoms with Crippen LogP contribution >= 0.6 is 0 Å². The summed E-state index contributed by atoms with van der Waals surface area (Å²) in [5.74, 6) is 0. The van der Waals surface area contributed by atoms with E-state index in [-0.39, 0.29) is 11.6 Å². The number of hydrogen-bond donors (Lipinski definition) is 1. The summed E-state index contributed by atoms with van der Waals surface area (Å²) in [6, 6.07) is 9.44. The molecule has 0 aromatic carbocycles. The Morgan fingerprint density at radius 3 is 2.78 bits per heavy atom. The second kappa shape index (κ2) is 6.12. The zero-order valence-electron chi connectivity index (χ0n) is 10.4. The predicted octanol–water partition coefficient (Wildman–Crippen LogP) is 1.59. The Bertz CT molecular complexity index is 536. The maximum atomic E-state index is 11.5. The second-order valence-corrected chi connectivity index (χ2v) is 4.19. The van der Waals surface area contributed by atoms with Crippen molar-refractivity contribution in [3.63, 3.8) is 0 Å². The summed E-state index contributed by atoms with van der Waals surface area (Å²) < 4.78 is 1.70. The lowest BCUT2D eigenvalue weighted by atomic mass is 10.1. The first-order valence-electron chi connectivity index (χ1n) is 6.06. The summed E-state index contributed by atoms with van der Waals surface area (Å²) in [7, 11) is 0. The summed E-state index contributed by atoms with van der Waals surface area (Å²) in [4.78, 5) is 15.5. The first-order valence-corrected chi connectivity index (χ1v) is 6.06. The van der Waals surface area contributed by atoms with E-state index in [2.05, 4.69) is 17.2 Å². The van der Waals surface area contributed by atoms with Gasteiger partial charge in [-0.05, 0) is 30.7 Å². The molecule has 0 spiro atoms. The van der Waals surface area contributed by atoms with Crippen LogP contribution in [0.5, 0.6) is 0 Å². The van der Waals surface area contributed by atoms with Crippen LogP contribution in [0.3, 0.4) is 0 Å². The van der Waals surface area contributed by atoms with Gasteiger partial charge in [0.15, 0.2) is 0 Å². The molecule has 0 bridgehead atoms. The average Bonchev–Trinajstić information content (AvgIpc) is 2.42. The second-order valence-electron chi connectivity index (χ2n) is 4.19. The lowest BCUT2D eigenvalue weighted by Gasteiger charge is -2.14. The molecule has 0 aliphatic rings. The fraction of sp³-hybridized carbons (Fsp3) is 0.286. The maximum absolute atomic E-state index is 11.5. The minimum atomic E-state index is 0.0378. The van der Waals surface area contributed by atoms with Crippen LogP contribution in [0.1, 0.15) is 18.5 Å². The summed E-state index contributed by atoms with van der Waals surface area (Å²) in [5.41, 5.74) is 1.24. The molecule has 0 aliphatic carbocycles. The van der Waals surface area contributed by atoms with Crippen molar-refractivity contribution >= 4 is 0 Å². The molecule has 0 radical (unpaired) electrons. The Morgan fingerprint density at radius 1 is 1.28 bits per heavy atom. The summed E-state index contributed by atoms with van der Waals surface area (Å²) >= 11 is 0. The minimum Gasteiger partial charge on any atom is -0.314 e. The Labute approximate surface area is 106 Å². The quantitative estimate of drug-likeness (QED) is 0.867. The van der Waals surface area contributed by atoms with Gasteiger partial charge in [-0.15, -0.1) is 0 Å². The van der Waals surface area contributed by atoms with Gasteiger partial charge in [0, 0.05) is 43.8 Å². The molecule has 4 heteroatoms. The standard InChI is InChI=1S/C14H17N3O/c1-12(13-5-7-15-8-6-13)16-9-11-17-10-3-2-4-14(17)18/h2-8,10,12,16H,9,11H2,1H3. The molecule has 94 valence electrons. The Kier molecular flexibility index (Phi) is 4.25. The van der Waals surface area contributed by atoms with Crippen LogP contribution in [0.25, 0.3) is 0 Å². The van der Waals surface area contributed by atoms with Crippen molar-refractivity contribution in [1.82, 2.24) is 14.9 Å². The fourth-order valence-corrected chi connectivity index (χ4v) is 1.82. The van der Waals surface area contributed by atoms with Gasteiger partial charge >= 0.3 is 0 Å². The average molecular weight is 243 g/mol. The van der Waals surface area contributed by atoms with E-state index >= 15 is 0 Å². The first-order chi connectivity index (χ1) is 8.77. The molecule has 18 heavy (non-hydrogen) atoms. The molecule has 2 aromatic rings. The summed E-state index contributed by atoms with van der Waals surface area (Å²) in [6.45, 7) is 3.53. The first kappa shape index (κ1) is 12.5. The van der Waals surface area contributed by atoms with Crippen molar-refractivity contribution < 1.29 is 0 Å². The van der Waals surface area contributed by atoms with Crippen molar-refractivity contribution in [2.24, 2.45) is 0 Å². The summed E-state index contributed by atoms with van der Waals surface area (Å²) in [5, 5.41) is 3.39. The van der Waals surface area contributed by atoms with Crippen LogP contribution in [0, 0.1) is 0 Å². The van der Waals surface area contributed by atoms with Gasteiger partial charge in [0.1, 0.15) is 0 Å². The van der Waals surface area contributed by atoms with Crippen LogP contribution in [0.2, 0.25) is 0 Å². The van der Waals surface area contributed by atoms with Gasteiger partial charge in [-0.3, -0.25) is 9.78 Å². The van der Waals surface area contributed by atoms with Gasteiger partial charge in [-0.1, -0.05) is 6.07 Å². The largest absolute Gasteiger partial charge is 0.314 e. The minimum absolute atomic E-state index is 0.0378. The zero-order chi connectivity index (χ0) is 12.8. The monoisotopic (exact) mass is 243 g/mol. The zero-order valence-corrected chi connectivity index (χ0v) is 10.4. The third-order valence-electron chi connectivity index (χ3n) is 2.91. The smallest absolute Gasteiger partial charge is 0.250 e. The third kappa shape index (κ3) is 3.28. The normalized spacial score (nSPS) is 12.3. The highest BCUT2D eigenvalue weighted by Crippen LogP contribution is 2.09. The molecule has 0 aliphatic heterocycles. The Hall–Kier alpha value is -1.94. The maximum Gasteiger partial charge on any atom is 0.250 e. The topological polar surface area (TPSA) is 46.9 Å². The highest BCUT2D eigenvalue weighted by atomic mass is 16.1. The lowest BCUT2D eigenvalue weighted by Crippen LogP contribution is -2.27. The molecule has 0 saturated heterocycles. The molecule has 1 unspecified atom stereocenters. The number of pyridine rings is 2. The molecular formula is C14H17N3O. The Balaban J connectivity index is 1.86.